The molecule has 4 heteroatoms. The van der Waals surface area contributed by atoms with Crippen LogP contribution in [0.3, 0.4) is 0 Å². The van der Waals surface area contributed by atoms with Gasteiger partial charge in [0.1, 0.15) is 18.2 Å². The summed E-state index contributed by atoms with van der Waals surface area (Å²) >= 11 is 5.95. The van der Waals surface area contributed by atoms with E-state index in [9.17, 15) is 4.39 Å². The molecule has 94 valence electrons. The van der Waals surface area contributed by atoms with Crippen molar-refractivity contribution in [1.82, 2.24) is 0 Å². The van der Waals surface area contributed by atoms with Crippen molar-refractivity contribution in [3.63, 3.8) is 0 Å². The summed E-state index contributed by atoms with van der Waals surface area (Å²) in [7, 11) is 0. The number of para-hydroxylation sites is 1. The summed E-state index contributed by atoms with van der Waals surface area (Å²) in [6, 6.07) is 13.0. The first-order chi connectivity index (χ1) is 8.68. The second-order valence-corrected chi connectivity index (χ2v) is 4.28. The summed E-state index contributed by atoms with van der Waals surface area (Å²) in [6.07, 6.45) is 0. The standard InChI is InChI=1S/C14H13ClFNO/c15-11-6-2-4-8-14(11)18-9-13(17)10-5-1-3-7-12(10)16/h1-8,13H,9,17H2. The van der Waals surface area contributed by atoms with Crippen LogP contribution in [0, 0.1) is 5.82 Å². The third kappa shape index (κ3) is 3.00. The molecule has 2 aromatic rings. The first-order valence-electron chi connectivity index (χ1n) is 5.56. The van der Waals surface area contributed by atoms with E-state index < -0.39 is 6.04 Å². The lowest BCUT2D eigenvalue weighted by Crippen LogP contribution is -2.20. The van der Waals surface area contributed by atoms with Crippen LogP contribution in [0.2, 0.25) is 5.02 Å². The summed E-state index contributed by atoms with van der Waals surface area (Å²) in [4.78, 5) is 0. The van der Waals surface area contributed by atoms with E-state index in [1.165, 1.54) is 6.07 Å². The molecule has 0 aliphatic carbocycles. The van der Waals surface area contributed by atoms with E-state index >= 15 is 0 Å². The smallest absolute Gasteiger partial charge is 0.137 e. The number of benzene rings is 2. The van der Waals surface area contributed by atoms with Crippen LogP contribution in [0.5, 0.6) is 5.75 Å². The van der Waals surface area contributed by atoms with Gasteiger partial charge in [0.25, 0.3) is 0 Å². The van der Waals surface area contributed by atoms with Crippen molar-refractivity contribution in [3.05, 3.63) is 64.9 Å². The van der Waals surface area contributed by atoms with E-state index in [0.717, 1.165) is 0 Å². The lowest BCUT2D eigenvalue weighted by Gasteiger charge is -2.14. The maximum absolute atomic E-state index is 13.5. The Morgan fingerprint density at radius 1 is 1.11 bits per heavy atom. The zero-order valence-corrected chi connectivity index (χ0v) is 10.4. The normalized spacial score (nSPS) is 12.2. The minimum absolute atomic E-state index is 0.171. The molecule has 0 saturated heterocycles. The Kier molecular flexibility index (Phi) is 4.18. The topological polar surface area (TPSA) is 35.2 Å². The molecule has 0 aliphatic heterocycles. The van der Waals surface area contributed by atoms with Crippen LogP contribution >= 0.6 is 11.6 Å². The maximum atomic E-state index is 13.5. The lowest BCUT2D eigenvalue weighted by atomic mass is 10.1. The number of rotatable bonds is 4. The minimum atomic E-state index is -0.525. The van der Waals surface area contributed by atoms with Crippen LogP contribution in [0.15, 0.2) is 48.5 Å². The molecular weight excluding hydrogens is 253 g/mol. The van der Waals surface area contributed by atoms with Gasteiger partial charge in [0.05, 0.1) is 11.1 Å². The third-order valence-corrected chi connectivity index (χ3v) is 2.87. The minimum Gasteiger partial charge on any atom is -0.490 e. The van der Waals surface area contributed by atoms with E-state index in [0.29, 0.717) is 16.3 Å². The molecule has 18 heavy (non-hydrogen) atoms. The van der Waals surface area contributed by atoms with Crippen molar-refractivity contribution in [1.29, 1.82) is 0 Å². The summed E-state index contributed by atoms with van der Waals surface area (Å²) in [5, 5.41) is 0.512. The summed E-state index contributed by atoms with van der Waals surface area (Å²) < 4.78 is 19.0. The first kappa shape index (κ1) is 12.9. The van der Waals surface area contributed by atoms with E-state index in [1.54, 1.807) is 30.3 Å². The predicted octanol–water partition coefficient (Wildman–Crippen LogP) is 3.56. The molecule has 2 rings (SSSR count). The van der Waals surface area contributed by atoms with Crippen molar-refractivity contribution in [3.8, 4) is 5.75 Å². The Balaban J connectivity index is 2.03. The van der Waals surface area contributed by atoms with Crippen LogP contribution < -0.4 is 10.5 Å². The lowest BCUT2D eigenvalue weighted by molar-refractivity contribution is 0.288. The van der Waals surface area contributed by atoms with Gasteiger partial charge in [-0.05, 0) is 18.2 Å². The number of hydrogen-bond acceptors (Lipinski definition) is 2. The van der Waals surface area contributed by atoms with Crippen molar-refractivity contribution in [2.75, 3.05) is 6.61 Å². The maximum Gasteiger partial charge on any atom is 0.137 e. The fraction of sp³-hybridized carbons (Fsp3) is 0.143. The largest absolute Gasteiger partial charge is 0.490 e. The Morgan fingerprint density at radius 3 is 2.50 bits per heavy atom. The highest BCUT2D eigenvalue weighted by Gasteiger charge is 2.12. The third-order valence-electron chi connectivity index (χ3n) is 2.56. The summed E-state index contributed by atoms with van der Waals surface area (Å²) in [6.45, 7) is 0.171. The van der Waals surface area contributed by atoms with Crippen molar-refractivity contribution in [2.24, 2.45) is 5.73 Å². The van der Waals surface area contributed by atoms with Crippen LogP contribution in [0.4, 0.5) is 4.39 Å². The number of nitrogens with two attached hydrogens (primary N) is 1. The molecular formula is C14H13ClFNO. The Bertz CT molecular complexity index is 533. The average molecular weight is 266 g/mol. The Morgan fingerprint density at radius 2 is 1.78 bits per heavy atom. The van der Waals surface area contributed by atoms with Crippen LogP contribution in [0.25, 0.3) is 0 Å². The molecule has 1 unspecified atom stereocenters. The van der Waals surface area contributed by atoms with Crippen LogP contribution in [-0.2, 0) is 0 Å². The van der Waals surface area contributed by atoms with Gasteiger partial charge in [-0.3, -0.25) is 0 Å². The molecule has 0 spiro atoms. The monoisotopic (exact) mass is 265 g/mol. The van der Waals surface area contributed by atoms with E-state index in [-0.39, 0.29) is 12.4 Å². The molecule has 0 radical (unpaired) electrons. The molecule has 0 aliphatic rings. The van der Waals surface area contributed by atoms with Gasteiger partial charge in [-0.15, -0.1) is 0 Å². The van der Waals surface area contributed by atoms with Gasteiger partial charge in [-0.1, -0.05) is 41.9 Å². The number of hydrogen-bond donors (Lipinski definition) is 1. The zero-order chi connectivity index (χ0) is 13.0. The van der Waals surface area contributed by atoms with Gasteiger partial charge in [-0.2, -0.15) is 0 Å². The van der Waals surface area contributed by atoms with Gasteiger partial charge >= 0.3 is 0 Å². The molecule has 0 fully saturated rings. The second-order valence-electron chi connectivity index (χ2n) is 3.87. The van der Waals surface area contributed by atoms with E-state index in [1.807, 2.05) is 12.1 Å². The van der Waals surface area contributed by atoms with Gasteiger partial charge in [-0.25, -0.2) is 4.39 Å². The SMILES string of the molecule is NC(COc1ccccc1Cl)c1ccccc1F. The molecule has 0 heterocycles. The number of ether oxygens (including phenoxy) is 1. The van der Waals surface area contributed by atoms with Crippen LogP contribution in [0.1, 0.15) is 11.6 Å². The number of halogens is 2. The molecule has 0 amide bonds. The van der Waals surface area contributed by atoms with Crippen molar-refractivity contribution < 1.29 is 9.13 Å². The van der Waals surface area contributed by atoms with Gasteiger partial charge < -0.3 is 10.5 Å². The predicted molar refractivity (Wildman–Crippen MR) is 70.3 cm³/mol. The molecule has 0 bridgehead atoms. The quantitative estimate of drug-likeness (QED) is 0.917. The fourth-order valence-corrected chi connectivity index (χ4v) is 1.80. The average Bonchev–Trinajstić information content (AvgIpc) is 2.38. The Labute approximate surface area is 110 Å². The van der Waals surface area contributed by atoms with Gasteiger partial charge in [0, 0.05) is 5.56 Å². The van der Waals surface area contributed by atoms with Crippen molar-refractivity contribution >= 4 is 11.6 Å². The molecule has 0 saturated carbocycles. The van der Waals surface area contributed by atoms with Gasteiger partial charge in [0.15, 0.2) is 0 Å². The highest BCUT2D eigenvalue weighted by Crippen LogP contribution is 2.24. The summed E-state index contributed by atoms with van der Waals surface area (Å²) in [5.41, 5.74) is 6.32. The van der Waals surface area contributed by atoms with Crippen LogP contribution in [-0.4, -0.2) is 6.61 Å². The molecule has 2 aromatic carbocycles. The highest BCUT2D eigenvalue weighted by atomic mass is 35.5. The molecule has 2 nitrogen and oxygen atoms in total. The Hall–Kier alpha value is -1.58. The molecule has 2 N–H and O–H groups in total. The fourth-order valence-electron chi connectivity index (χ4n) is 1.61. The van der Waals surface area contributed by atoms with E-state index in [2.05, 4.69) is 0 Å². The van der Waals surface area contributed by atoms with E-state index in [4.69, 9.17) is 22.1 Å². The molecule has 1 atom stereocenters. The second kappa shape index (κ2) is 5.85. The zero-order valence-electron chi connectivity index (χ0n) is 9.64. The van der Waals surface area contributed by atoms with Crippen molar-refractivity contribution in [2.45, 2.75) is 6.04 Å². The first-order valence-corrected chi connectivity index (χ1v) is 5.93. The summed E-state index contributed by atoms with van der Waals surface area (Å²) in [5.74, 6) is 0.221. The molecule has 0 aromatic heterocycles. The van der Waals surface area contributed by atoms with Gasteiger partial charge in [0.2, 0.25) is 0 Å². The highest BCUT2D eigenvalue weighted by molar-refractivity contribution is 6.32.